The molecule has 1 rings (SSSR count). The first-order chi connectivity index (χ1) is 15.8. The zero-order valence-electron chi connectivity index (χ0n) is 18.6. The van der Waals surface area contributed by atoms with Gasteiger partial charge >= 0.3 is 6.09 Å². The first-order valence-electron chi connectivity index (χ1n) is 10.8. The Hall–Kier alpha value is -1.27. The Labute approximate surface area is 199 Å². The summed E-state index contributed by atoms with van der Waals surface area (Å²) in [5.74, 6) is 0. The van der Waals surface area contributed by atoms with E-state index in [2.05, 4.69) is 21.2 Å². The summed E-state index contributed by atoms with van der Waals surface area (Å²) in [6.45, 7) is 6.92. The van der Waals surface area contributed by atoms with Crippen molar-refractivity contribution >= 4 is 22.0 Å². The zero-order valence-corrected chi connectivity index (χ0v) is 20.2. The Morgan fingerprint density at radius 1 is 0.656 bits per heavy atom. The van der Waals surface area contributed by atoms with Crippen LogP contribution in [0.5, 0.6) is 0 Å². The summed E-state index contributed by atoms with van der Waals surface area (Å²) in [6, 6.07) is 9.52. The van der Waals surface area contributed by atoms with Crippen molar-refractivity contribution in [2.45, 2.75) is 6.61 Å². The normalized spacial score (nSPS) is 10.9. The van der Waals surface area contributed by atoms with Gasteiger partial charge in [-0.1, -0.05) is 46.3 Å². The highest BCUT2D eigenvalue weighted by atomic mass is 79.9. The Bertz CT molecular complexity index is 538. The standard InChI is InChI=1S/C22H36BrNO8/c23-6-8-26-10-12-28-14-16-30-18-19-31-17-15-29-13-11-27-9-7-24-22(25)32-20-21-4-2-1-3-5-21/h1-5H,6-20H2,(H,24,25). The SMILES string of the molecule is O=C(NCCOCCOCCOCCOCCOCCOCCBr)OCc1ccccc1. The van der Waals surface area contributed by atoms with Crippen LogP contribution in [0.4, 0.5) is 4.79 Å². The van der Waals surface area contributed by atoms with Gasteiger partial charge in [0.25, 0.3) is 0 Å². The minimum atomic E-state index is -0.460. The van der Waals surface area contributed by atoms with Gasteiger partial charge in [-0.15, -0.1) is 0 Å². The number of hydrogen-bond acceptors (Lipinski definition) is 8. The van der Waals surface area contributed by atoms with E-state index >= 15 is 0 Å². The van der Waals surface area contributed by atoms with Gasteiger partial charge < -0.3 is 38.5 Å². The van der Waals surface area contributed by atoms with Gasteiger partial charge in [-0.3, -0.25) is 0 Å². The molecule has 0 atom stereocenters. The lowest BCUT2D eigenvalue weighted by Gasteiger charge is -2.09. The second kappa shape index (κ2) is 22.9. The number of alkyl carbamates (subject to hydrolysis) is 1. The number of carbonyl (C=O) groups excluding carboxylic acids is 1. The molecular formula is C22H36BrNO8. The molecule has 1 aromatic carbocycles. The molecule has 0 radical (unpaired) electrons. The van der Waals surface area contributed by atoms with Crippen LogP contribution in [-0.2, 0) is 39.8 Å². The van der Waals surface area contributed by atoms with Crippen molar-refractivity contribution in [3.05, 3.63) is 35.9 Å². The Kier molecular flexibility index (Phi) is 20.6. The number of nitrogens with one attached hydrogen (secondary N) is 1. The molecule has 9 nitrogen and oxygen atoms in total. The summed E-state index contributed by atoms with van der Waals surface area (Å²) >= 11 is 3.29. The molecule has 184 valence electrons. The molecule has 0 aromatic heterocycles. The molecule has 0 heterocycles. The third-order valence-electron chi connectivity index (χ3n) is 3.81. The Morgan fingerprint density at radius 2 is 1.09 bits per heavy atom. The van der Waals surface area contributed by atoms with Crippen molar-refractivity contribution < 1.29 is 38.0 Å². The number of ether oxygens (including phenoxy) is 7. The molecule has 0 saturated heterocycles. The highest BCUT2D eigenvalue weighted by Gasteiger charge is 2.01. The summed E-state index contributed by atoms with van der Waals surface area (Å²) in [5.41, 5.74) is 0.945. The maximum atomic E-state index is 11.6. The van der Waals surface area contributed by atoms with E-state index in [9.17, 15) is 4.79 Å². The largest absolute Gasteiger partial charge is 0.445 e. The maximum absolute atomic E-state index is 11.6. The second-order valence-electron chi connectivity index (χ2n) is 6.35. The minimum absolute atomic E-state index is 0.248. The highest BCUT2D eigenvalue weighted by Crippen LogP contribution is 2.00. The smallest absolute Gasteiger partial charge is 0.407 e. The van der Waals surface area contributed by atoms with Crippen LogP contribution in [0.1, 0.15) is 5.56 Å². The van der Waals surface area contributed by atoms with Gasteiger partial charge in [-0.2, -0.15) is 0 Å². The number of alkyl halides is 1. The van der Waals surface area contributed by atoms with Crippen LogP contribution in [0.15, 0.2) is 30.3 Å². The molecule has 10 heteroatoms. The van der Waals surface area contributed by atoms with Crippen molar-refractivity contribution in [1.82, 2.24) is 5.32 Å². The van der Waals surface area contributed by atoms with Crippen LogP contribution in [0, 0.1) is 0 Å². The second-order valence-corrected chi connectivity index (χ2v) is 7.14. The van der Waals surface area contributed by atoms with Crippen LogP contribution in [-0.4, -0.2) is 97.3 Å². The third kappa shape index (κ3) is 19.4. The lowest BCUT2D eigenvalue weighted by Crippen LogP contribution is -2.28. The van der Waals surface area contributed by atoms with Gasteiger partial charge in [0.2, 0.25) is 0 Å². The predicted molar refractivity (Wildman–Crippen MR) is 123 cm³/mol. The van der Waals surface area contributed by atoms with Crippen molar-refractivity contribution in [2.75, 3.05) is 91.2 Å². The summed E-state index contributed by atoms with van der Waals surface area (Å²) in [6.07, 6.45) is -0.460. The molecule has 0 aliphatic carbocycles. The van der Waals surface area contributed by atoms with E-state index in [1.165, 1.54) is 0 Å². The van der Waals surface area contributed by atoms with Crippen molar-refractivity contribution in [3.8, 4) is 0 Å². The first-order valence-corrected chi connectivity index (χ1v) is 11.9. The minimum Gasteiger partial charge on any atom is -0.445 e. The molecule has 0 fully saturated rings. The van der Waals surface area contributed by atoms with Crippen LogP contribution in [0.3, 0.4) is 0 Å². The van der Waals surface area contributed by atoms with Crippen molar-refractivity contribution in [3.63, 3.8) is 0 Å². The van der Waals surface area contributed by atoms with E-state index < -0.39 is 6.09 Å². The van der Waals surface area contributed by atoms with E-state index in [1.54, 1.807) is 0 Å². The fourth-order valence-electron chi connectivity index (χ4n) is 2.26. The maximum Gasteiger partial charge on any atom is 0.407 e. The molecular weight excluding hydrogens is 486 g/mol. The van der Waals surface area contributed by atoms with Gasteiger partial charge in [0.15, 0.2) is 0 Å². The molecule has 0 aliphatic heterocycles. The average molecular weight is 522 g/mol. The monoisotopic (exact) mass is 521 g/mol. The number of carbonyl (C=O) groups is 1. The lowest BCUT2D eigenvalue weighted by atomic mass is 10.2. The van der Waals surface area contributed by atoms with Gasteiger partial charge in [0, 0.05) is 11.9 Å². The molecule has 1 aromatic rings. The van der Waals surface area contributed by atoms with Crippen molar-refractivity contribution in [2.24, 2.45) is 0 Å². The van der Waals surface area contributed by atoms with E-state index in [4.69, 9.17) is 33.2 Å². The molecule has 0 bridgehead atoms. The molecule has 0 unspecified atom stereocenters. The Morgan fingerprint density at radius 3 is 1.56 bits per heavy atom. The topological polar surface area (TPSA) is 93.7 Å². The number of halogens is 1. The predicted octanol–water partition coefficient (Wildman–Crippen LogP) is 2.41. The van der Waals surface area contributed by atoms with Gasteiger partial charge in [0.1, 0.15) is 6.61 Å². The highest BCUT2D eigenvalue weighted by molar-refractivity contribution is 9.09. The van der Waals surface area contributed by atoms with Gasteiger partial charge in [-0.05, 0) is 5.56 Å². The summed E-state index contributed by atoms with van der Waals surface area (Å²) in [5, 5.41) is 3.47. The van der Waals surface area contributed by atoms with Crippen LogP contribution in [0.2, 0.25) is 0 Å². The average Bonchev–Trinajstić information content (AvgIpc) is 2.82. The van der Waals surface area contributed by atoms with Crippen LogP contribution in [0.25, 0.3) is 0 Å². The lowest BCUT2D eigenvalue weighted by molar-refractivity contribution is -0.0159. The first kappa shape index (κ1) is 28.8. The van der Waals surface area contributed by atoms with E-state index in [-0.39, 0.29) is 6.61 Å². The third-order valence-corrected chi connectivity index (χ3v) is 4.13. The molecule has 1 N–H and O–H groups in total. The molecule has 0 aliphatic rings. The van der Waals surface area contributed by atoms with Gasteiger partial charge in [0.05, 0.1) is 79.3 Å². The molecule has 1 amide bonds. The number of benzene rings is 1. The van der Waals surface area contributed by atoms with E-state index in [0.29, 0.717) is 85.8 Å². The summed E-state index contributed by atoms with van der Waals surface area (Å²) < 4.78 is 37.3. The van der Waals surface area contributed by atoms with Crippen LogP contribution >= 0.6 is 15.9 Å². The fraction of sp³-hybridized carbons (Fsp3) is 0.682. The Balaban J connectivity index is 1.71. The fourth-order valence-corrected chi connectivity index (χ4v) is 2.48. The quantitative estimate of drug-likeness (QED) is 0.183. The number of amides is 1. The van der Waals surface area contributed by atoms with E-state index in [1.807, 2.05) is 30.3 Å². The number of hydrogen-bond donors (Lipinski definition) is 1. The van der Waals surface area contributed by atoms with Gasteiger partial charge in [-0.25, -0.2) is 4.79 Å². The molecule has 32 heavy (non-hydrogen) atoms. The van der Waals surface area contributed by atoms with E-state index in [0.717, 1.165) is 10.9 Å². The zero-order chi connectivity index (χ0) is 23.0. The summed E-state index contributed by atoms with van der Waals surface area (Å²) in [4.78, 5) is 11.6. The van der Waals surface area contributed by atoms with Crippen LogP contribution < -0.4 is 5.32 Å². The summed E-state index contributed by atoms with van der Waals surface area (Å²) in [7, 11) is 0. The van der Waals surface area contributed by atoms with Crippen molar-refractivity contribution in [1.29, 1.82) is 0 Å². The molecule has 0 saturated carbocycles. The number of rotatable bonds is 22. The molecule has 0 spiro atoms.